The molecule has 0 atom stereocenters. The molecule has 2 amide bonds. The van der Waals surface area contributed by atoms with Crippen LogP contribution in [0.1, 0.15) is 20.7 Å². The van der Waals surface area contributed by atoms with Crippen LogP contribution in [-0.2, 0) is 0 Å². The van der Waals surface area contributed by atoms with Crippen LogP contribution in [0.5, 0.6) is 17.2 Å². The zero-order valence-corrected chi connectivity index (χ0v) is 18.3. The van der Waals surface area contributed by atoms with Crippen LogP contribution in [-0.4, -0.2) is 82.2 Å². The van der Waals surface area contributed by atoms with E-state index < -0.39 is 0 Å². The van der Waals surface area contributed by atoms with E-state index in [-0.39, 0.29) is 11.8 Å². The number of carbonyl (C=O) groups is 2. The molecule has 1 fully saturated rings. The Morgan fingerprint density at radius 1 is 1.00 bits per heavy atom. The number of hydrogen-bond donors (Lipinski definition) is 1. The first-order valence-electron chi connectivity index (χ1n) is 9.69. The number of ether oxygens (including phenoxy) is 3. The summed E-state index contributed by atoms with van der Waals surface area (Å²) in [6.07, 6.45) is 0. The lowest BCUT2D eigenvalue weighted by Crippen LogP contribution is -2.50. The van der Waals surface area contributed by atoms with Gasteiger partial charge >= 0.3 is 0 Å². The van der Waals surface area contributed by atoms with E-state index in [1.807, 2.05) is 21.7 Å². The van der Waals surface area contributed by atoms with Gasteiger partial charge in [0.15, 0.2) is 11.5 Å². The van der Waals surface area contributed by atoms with Gasteiger partial charge in [-0.15, -0.1) is 0 Å². The lowest BCUT2D eigenvalue weighted by Gasteiger charge is -2.34. The highest BCUT2D eigenvalue weighted by atomic mass is 32.1. The number of amides is 2. The molecule has 1 aromatic heterocycles. The molecule has 0 bridgehead atoms. The molecule has 8 nitrogen and oxygen atoms in total. The summed E-state index contributed by atoms with van der Waals surface area (Å²) < 4.78 is 15.9. The molecule has 162 valence electrons. The summed E-state index contributed by atoms with van der Waals surface area (Å²) in [4.78, 5) is 29.1. The van der Waals surface area contributed by atoms with Crippen LogP contribution in [0.3, 0.4) is 0 Å². The molecule has 0 unspecified atom stereocenters. The van der Waals surface area contributed by atoms with Crippen molar-refractivity contribution in [2.75, 3.05) is 60.6 Å². The van der Waals surface area contributed by atoms with E-state index in [2.05, 4.69) is 10.2 Å². The third-order valence-corrected chi connectivity index (χ3v) is 5.75. The van der Waals surface area contributed by atoms with Crippen molar-refractivity contribution in [1.82, 2.24) is 15.1 Å². The molecule has 2 heterocycles. The van der Waals surface area contributed by atoms with Gasteiger partial charge in [-0.3, -0.25) is 14.5 Å². The zero-order chi connectivity index (χ0) is 21.5. The second-order valence-corrected chi connectivity index (χ2v) is 7.60. The van der Waals surface area contributed by atoms with Gasteiger partial charge in [-0.2, -0.15) is 11.3 Å². The molecule has 2 aromatic rings. The van der Waals surface area contributed by atoms with Crippen LogP contribution in [0.15, 0.2) is 29.0 Å². The Bertz CT molecular complexity index is 839. The maximum absolute atomic E-state index is 12.6. The van der Waals surface area contributed by atoms with Crippen molar-refractivity contribution in [2.24, 2.45) is 0 Å². The Balaban J connectivity index is 1.48. The summed E-state index contributed by atoms with van der Waals surface area (Å²) in [5.41, 5.74) is 1.20. The van der Waals surface area contributed by atoms with E-state index in [0.29, 0.717) is 42.4 Å². The average molecular weight is 434 g/mol. The molecule has 0 spiro atoms. The van der Waals surface area contributed by atoms with E-state index in [9.17, 15) is 9.59 Å². The summed E-state index contributed by atoms with van der Waals surface area (Å²) in [6.45, 7) is 4.18. The van der Waals surface area contributed by atoms with Gasteiger partial charge in [0.25, 0.3) is 11.8 Å². The molecule has 0 saturated carbocycles. The fourth-order valence-electron chi connectivity index (χ4n) is 3.39. The highest BCUT2D eigenvalue weighted by Gasteiger charge is 2.22. The standard InChI is InChI=1S/C21H27N3O5S/c1-27-17-12-16(13-18(28-2)19(17)29-3)20(25)22-5-6-23-7-9-24(10-8-23)21(26)15-4-11-30-14-15/h4,11-14H,5-10H2,1-3H3,(H,22,25). The van der Waals surface area contributed by atoms with Gasteiger partial charge in [0.1, 0.15) is 0 Å². The Labute approximate surface area is 180 Å². The first-order chi connectivity index (χ1) is 14.6. The van der Waals surface area contributed by atoms with Crippen LogP contribution >= 0.6 is 11.3 Å². The van der Waals surface area contributed by atoms with Gasteiger partial charge in [0.2, 0.25) is 5.75 Å². The molecular weight excluding hydrogens is 406 g/mol. The fraction of sp³-hybridized carbons (Fsp3) is 0.429. The Morgan fingerprint density at radius 2 is 1.67 bits per heavy atom. The number of methoxy groups -OCH3 is 3. The maximum atomic E-state index is 12.6. The van der Waals surface area contributed by atoms with Crippen molar-refractivity contribution in [3.63, 3.8) is 0 Å². The number of nitrogens with one attached hydrogen (secondary N) is 1. The fourth-order valence-corrected chi connectivity index (χ4v) is 4.01. The van der Waals surface area contributed by atoms with Gasteiger partial charge in [-0.1, -0.05) is 0 Å². The SMILES string of the molecule is COc1cc(C(=O)NCCN2CCN(C(=O)c3ccsc3)CC2)cc(OC)c1OC. The summed E-state index contributed by atoms with van der Waals surface area (Å²) in [6, 6.07) is 5.12. The van der Waals surface area contributed by atoms with E-state index in [0.717, 1.165) is 25.2 Å². The maximum Gasteiger partial charge on any atom is 0.254 e. The minimum Gasteiger partial charge on any atom is -0.493 e. The van der Waals surface area contributed by atoms with Crippen molar-refractivity contribution >= 4 is 23.2 Å². The van der Waals surface area contributed by atoms with Crippen molar-refractivity contribution in [3.05, 3.63) is 40.1 Å². The number of nitrogens with zero attached hydrogens (tertiary/aromatic N) is 2. The lowest BCUT2D eigenvalue weighted by molar-refractivity contribution is 0.0638. The predicted molar refractivity (Wildman–Crippen MR) is 115 cm³/mol. The van der Waals surface area contributed by atoms with Gasteiger partial charge in [-0.05, 0) is 23.6 Å². The van der Waals surface area contributed by atoms with Gasteiger partial charge < -0.3 is 24.4 Å². The van der Waals surface area contributed by atoms with Crippen LogP contribution in [0.2, 0.25) is 0 Å². The molecular formula is C21H27N3O5S. The summed E-state index contributed by atoms with van der Waals surface area (Å²) in [5.74, 6) is 1.21. The van der Waals surface area contributed by atoms with Crippen LogP contribution < -0.4 is 19.5 Å². The molecule has 1 aliphatic heterocycles. The molecule has 9 heteroatoms. The summed E-state index contributed by atoms with van der Waals surface area (Å²) in [7, 11) is 4.55. The van der Waals surface area contributed by atoms with Crippen molar-refractivity contribution in [3.8, 4) is 17.2 Å². The molecule has 0 aliphatic carbocycles. The quantitative estimate of drug-likeness (QED) is 0.686. The third kappa shape index (κ3) is 5.03. The predicted octanol–water partition coefficient (Wildman–Crippen LogP) is 1.96. The van der Waals surface area contributed by atoms with Crippen molar-refractivity contribution < 1.29 is 23.8 Å². The van der Waals surface area contributed by atoms with Crippen molar-refractivity contribution in [1.29, 1.82) is 0 Å². The Morgan fingerprint density at radius 3 is 2.20 bits per heavy atom. The Kier molecular flexibility index (Phi) is 7.53. The minimum absolute atomic E-state index is 0.0894. The summed E-state index contributed by atoms with van der Waals surface area (Å²) >= 11 is 1.53. The first-order valence-corrected chi connectivity index (χ1v) is 10.6. The minimum atomic E-state index is -0.208. The highest BCUT2D eigenvalue weighted by Crippen LogP contribution is 2.38. The third-order valence-electron chi connectivity index (χ3n) is 5.07. The summed E-state index contributed by atoms with van der Waals surface area (Å²) in [5, 5.41) is 6.73. The smallest absolute Gasteiger partial charge is 0.254 e. The monoisotopic (exact) mass is 433 g/mol. The average Bonchev–Trinajstić information content (AvgIpc) is 3.32. The molecule has 1 saturated heterocycles. The van der Waals surface area contributed by atoms with Crippen LogP contribution in [0, 0.1) is 0 Å². The second kappa shape index (κ2) is 10.3. The van der Waals surface area contributed by atoms with E-state index >= 15 is 0 Å². The number of thiophene rings is 1. The number of hydrogen-bond acceptors (Lipinski definition) is 7. The molecule has 1 aromatic carbocycles. The number of carbonyl (C=O) groups excluding carboxylic acids is 2. The normalized spacial score (nSPS) is 14.3. The molecule has 1 aliphatic rings. The second-order valence-electron chi connectivity index (χ2n) is 6.82. The number of rotatable bonds is 8. The number of piperazine rings is 1. The van der Waals surface area contributed by atoms with Gasteiger partial charge in [0, 0.05) is 50.2 Å². The van der Waals surface area contributed by atoms with E-state index in [1.54, 1.807) is 12.1 Å². The van der Waals surface area contributed by atoms with E-state index in [1.165, 1.54) is 32.7 Å². The van der Waals surface area contributed by atoms with Crippen LogP contribution in [0.4, 0.5) is 0 Å². The highest BCUT2D eigenvalue weighted by molar-refractivity contribution is 7.08. The largest absolute Gasteiger partial charge is 0.493 e. The first kappa shape index (κ1) is 21.9. The number of benzene rings is 1. The molecule has 1 N–H and O–H groups in total. The molecule has 30 heavy (non-hydrogen) atoms. The molecule has 0 radical (unpaired) electrons. The molecule has 3 rings (SSSR count). The van der Waals surface area contributed by atoms with Crippen molar-refractivity contribution in [2.45, 2.75) is 0 Å². The van der Waals surface area contributed by atoms with Crippen LogP contribution in [0.25, 0.3) is 0 Å². The lowest BCUT2D eigenvalue weighted by atomic mass is 10.1. The Hall–Kier alpha value is -2.78. The topological polar surface area (TPSA) is 80.3 Å². The van der Waals surface area contributed by atoms with Gasteiger partial charge in [0.05, 0.1) is 26.9 Å². The van der Waals surface area contributed by atoms with Gasteiger partial charge in [-0.25, -0.2) is 0 Å². The zero-order valence-electron chi connectivity index (χ0n) is 17.5. The van der Waals surface area contributed by atoms with E-state index in [4.69, 9.17) is 14.2 Å².